The van der Waals surface area contributed by atoms with Gasteiger partial charge in [-0.2, -0.15) is 0 Å². The van der Waals surface area contributed by atoms with Crippen LogP contribution in [0.2, 0.25) is 0 Å². The zero-order valence-corrected chi connectivity index (χ0v) is 14.2. The predicted molar refractivity (Wildman–Crippen MR) is 94.4 cm³/mol. The predicted octanol–water partition coefficient (Wildman–Crippen LogP) is 3.30. The van der Waals surface area contributed by atoms with Crippen molar-refractivity contribution in [1.82, 2.24) is 4.98 Å². The SMILES string of the molecule is Cc1ccc(C2=CC3(C=C2c2ccc(S(N)(=O)=O)nc2)CC3)cc1. The Kier molecular flexibility index (Phi) is 3.27. The first kappa shape index (κ1) is 15.3. The molecule has 0 radical (unpaired) electrons. The molecule has 0 bridgehead atoms. The fourth-order valence-corrected chi connectivity index (χ4v) is 3.58. The minimum atomic E-state index is -3.77. The van der Waals surface area contributed by atoms with E-state index in [0.29, 0.717) is 0 Å². The average molecular weight is 338 g/mol. The molecule has 2 aliphatic rings. The number of rotatable bonds is 3. The van der Waals surface area contributed by atoms with Crippen molar-refractivity contribution in [3.63, 3.8) is 0 Å². The summed E-state index contributed by atoms with van der Waals surface area (Å²) in [5.74, 6) is 0. The molecule has 0 amide bonds. The summed E-state index contributed by atoms with van der Waals surface area (Å²) in [7, 11) is -3.77. The summed E-state index contributed by atoms with van der Waals surface area (Å²) in [6.45, 7) is 2.07. The molecule has 2 aromatic rings. The Labute approximate surface area is 141 Å². The van der Waals surface area contributed by atoms with E-state index in [-0.39, 0.29) is 10.4 Å². The maximum Gasteiger partial charge on any atom is 0.255 e. The first-order valence-electron chi connectivity index (χ1n) is 7.89. The van der Waals surface area contributed by atoms with E-state index < -0.39 is 10.0 Å². The van der Waals surface area contributed by atoms with E-state index in [4.69, 9.17) is 5.14 Å². The molecule has 0 aliphatic heterocycles. The van der Waals surface area contributed by atoms with Gasteiger partial charge in [-0.25, -0.2) is 18.5 Å². The van der Waals surface area contributed by atoms with E-state index in [2.05, 4.69) is 48.3 Å². The highest BCUT2D eigenvalue weighted by Gasteiger charge is 2.43. The molecule has 1 aromatic carbocycles. The Balaban J connectivity index is 1.76. The van der Waals surface area contributed by atoms with Crippen molar-refractivity contribution in [1.29, 1.82) is 0 Å². The number of allylic oxidation sites excluding steroid dienone is 4. The number of benzene rings is 1. The normalized spacial score (nSPS) is 18.4. The monoisotopic (exact) mass is 338 g/mol. The molecule has 5 heteroatoms. The van der Waals surface area contributed by atoms with Crippen LogP contribution in [0.25, 0.3) is 11.1 Å². The van der Waals surface area contributed by atoms with Crippen LogP contribution < -0.4 is 5.14 Å². The molecule has 2 aliphatic carbocycles. The lowest BCUT2D eigenvalue weighted by molar-refractivity contribution is 0.594. The average Bonchev–Trinajstić information content (AvgIpc) is 3.19. The second-order valence-electron chi connectivity index (χ2n) is 6.65. The van der Waals surface area contributed by atoms with Gasteiger partial charge in [0.1, 0.15) is 0 Å². The number of nitrogens with zero attached hydrogens (tertiary/aromatic N) is 1. The summed E-state index contributed by atoms with van der Waals surface area (Å²) >= 11 is 0. The Bertz CT molecular complexity index is 965. The lowest BCUT2D eigenvalue weighted by Gasteiger charge is -2.10. The van der Waals surface area contributed by atoms with Gasteiger partial charge in [0.25, 0.3) is 10.0 Å². The highest BCUT2D eigenvalue weighted by atomic mass is 32.2. The van der Waals surface area contributed by atoms with Gasteiger partial charge in [-0.15, -0.1) is 0 Å². The van der Waals surface area contributed by atoms with Crippen LogP contribution in [0.3, 0.4) is 0 Å². The number of aryl methyl sites for hydroxylation is 1. The van der Waals surface area contributed by atoms with Crippen molar-refractivity contribution >= 4 is 21.2 Å². The fourth-order valence-electron chi connectivity index (χ4n) is 3.12. The van der Waals surface area contributed by atoms with Gasteiger partial charge in [0, 0.05) is 17.2 Å². The van der Waals surface area contributed by atoms with Gasteiger partial charge < -0.3 is 0 Å². The lowest BCUT2D eigenvalue weighted by Crippen LogP contribution is -2.13. The Hall–Kier alpha value is -2.24. The summed E-state index contributed by atoms with van der Waals surface area (Å²) < 4.78 is 22.8. The lowest BCUT2D eigenvalue weighted by atomic mass is 9.95. The third-order valence-electron chi connectivity index (χ3n) is 4.68. The van der Waals surface area contributed by atoms with Crippen LogP contribution in [0, 0.1) is 12.3 Å². The number of hydrogen-bond acceptors (Lipinski definition) is 3. The number of sulfonamides is 1. The topological polar surface area (TPSA) is 73.1 Å². The smallest absolute Gasteiger partial charge is 0.243 e. The number of pyridine rings is 1. The van der Waals surface area contributed by atoms with E-state index in [1.165, 1.54) is 22.8 Å². The molecule has 1 saturated carbocycles. The van der Waals surface area contributed by atoms with E-state index in [9.17, 15) is 8.42 Å². The van der Waals surface area contributed by atoms with Gasteiger partial charge in [-0.05, 0) is 48.6 Å². The molecule has 4 rings (SSSR count). The minimum absolute atomic E-state index is 0.105. The van der Waals surface area contributed by atoms with E-state index in [0.717, 1.165) is 24.0 Å². The summed E-state index contributed by atoms with van der Waals surface area (Å²) in [6, 6.07) is 11.7. The van der Waals surface area contributed by atoms with Crippen LogP contribution in [0.1, 0.15) is 29.5 Å². The van der Waals surface area contributed by atoms with Gasteiger partial charge in [0.05, 0.1) is 0 Å². The van der Waals surface area contributed by atoms with Crippen LogP contribution >= 0.6 is 0 Å². The molecular weight excluding hydrogens is 320 g/mol. The first-order chi connectivity index (χ1) is 11.4. The first-order valence-corrected chi connectivity index (χ1v) is 9.43. The van der Waals surface area contributed by atoms with Crippen molar-refractivity contribution in [2.24, 2.45) is 10.6 Å². The minimum Gasteiger partial charge on any atom is -0.243 e. The van der Waals surface area contributed by atoms with Crippen molar-refractivity contribution in [2.45, 2.75) is 24.8 Å². The Morgan fingerprint density at radius 1 is 0.958 bits per heavy atom. The Morgan fingerprint density at radius 3 is 2.04 bits per heavy atom. The molecule has 24 heavy (non-hydrogen) atoms. The molecular formula is C19H18N2O2S. The van der Waals surface area contributed by atoms with Gasteiger partial charge >= 0.3 is 0 Å². The third kappa shape index (κ3) is 2.70. The number of primary sulfonamides is 1. The molecule has 1 spiro atoms. The number of nitrogens with two attached hydrogens (primary N) is 1. The van der Waals surface area contributed by atoms with Crippen molar-refractivity contribution in [2.75, 3.05) is 0 Å². The maximum absolute atomic E-state index is 11.4. The molecule has 0 saturated heterocycles. The standard InChI is InChI=1S/C19H18N2O2S/c1-13-2-4-14(5-3-13)16-10-19(8-9-19)11-17(16)15-6-7-18(21-12-15)24(20,22)23/h2-7,10-12H,8-9H2,1H3,(H2,20,22,23). The van der Waals surface area contributed by atoms with Gasteiger partial charge in [-0.3, -0.25) is 0 Å². The third-order valence-corrected chi connectivity index (χ3v) is 5.51. The summed E-state index contributed by atoms with van der Waals surface area (Å²) in [4.78, 5) is 4.02. The van der Waals surface area contributed by atoms with Gasteiger partial charge in [0.15, 0.2) is 5.03 Å². The van der Waals surface area contributed by atoms with Crippen molar-refractivity contribution in [3.05, 3.63) is 71.4 Å². The molecule has 1 aromatic heterocycles. The second-order valence-corrected chi connectivity index (χ2v) is 8.15. The van der Waals surface area contributed by atoms with Gasteiger partial charge in [-0.1, -0.05) is 42.0 Å². The van der Waals surface area contributed by atoms with E-state index in [1.54, 1.807) is 12.3 Å². The molecule has 1 heterocycles. The fraction of sp³-hybridized carbons (Fsp3) is 0.211. The van der Waals surface area contributed by atoms with Crippen LogP contribution in [0.4, 0.5) is 0 Å². The Morgan fingerprint density at radius 2 is 1.54 bits per heavy atom. The molecule has 0 unspecified atom stereocenters. The van der Waals surface area contributed by atoms with Gasteiger partial charge in [0.2, 0.25) is 0 Å². The van der Waals surface area contributed by atoms with Crippen molar-refractivity contribution in [3.8, 4) is 0 Å². The second kappa shape index (κ2) is 5.13. The number of aromatic nitrogens is 1. The molecule has 4 nitrogen and oxygen atoms in total. The summed E-state index contributed by atoms with van der Waals surface area (Å²) in [5.41, 5.74) is 5.79. The zero-order chi connectivity index (χ0) is 16.9. The summed E-state index contributed by atoms with van der Waals surface area (Å²) in [6.07, 6.45) is 8.54. The van der Waals surface area contributed by atoms with Crippen LogP contribution in [-0.4, -0.2) is 13.4 Å². The molecule has 122 valence electrons. The zero-order valence-electron chi connectivity index (χ0n) is 13.4. The van der Waals surface area contributed by atoms with Crippen LogP contribution in [0.15, 0.2) is 59.8 Å². The highest BCUT2D eigenvalue weighted by molar-refractivity contribution is 7.89. The van der Waals surface area contributed by atoms with Crippen LogP contribution in [0.5, 0.6) is 0 Å². The van der Waals surface area contributed by atoms with E-state index in [1.807, 2.05) is 0 Å². The van der Waals surface area contributed by atoms with Crippen molar-refractivity contribution < 1.29 is 8.42 Å². The highest BCUT2D eigenvalue weighted by Crippen LogP contribution is 2.57. The van der Waals surface area contributed by atoms with E-state index >= 15 is 0 Å². The molecule has 2 N–H and O–H groups in total. The molecule has 1 fully saturated rings. The molecule has 0 atom stereocenters. The number of hydrogen-bond donors (Lipinski definition) is 1. The maximum atomic E-state index is 11.4. The quantitative estimate of drug-likeness (QED) is 0.933. The van der Waals surface area contributed by atoms with Crippen LogP contribution in [-0.2, 0) is 10.0 Å². The largest absolute Gasteiger partial charge is 0.255 e. The summed E-state index contributed by atoms with van der Waals surface area (Å²) in [5, 5.41) is 5.02.